The smallest absolute Gasteiger partial charge is 0.0243 e. The molecular weight excluding hydrogens is 160 g/mol. The summed E-state index contributed by atoms with van der Waals surface area (Å²) in [6.07, 6.45) is 1.29. The Hall–Kier alpha value is -0.0800. The lowest BCUT2D eigenvalue weighted by molar-refractivity contribution is 0.203. The van der Waals surface area contributed by atoms with E-state index in [4.69, 9.17) is 0 Å². The van der Waals surface area contributed by atoms with Gasteiger partial charge in [-0.25, -0.2) is 0 Å². The molecule has 1 unspecified atom stereocenters. The van der Waals surface area contributed by atoms with Crippen LogP contribution < -0.4 is 5.32 Å². The average Bonchev–Trinajstić information content (AvgIpc) is 2.27. The first-order valence-electron chi connectivity index (χ1n) is 5.49. The molecule has 1 fully saturated rings. The van der Waals surface area contributed by atoms with Crippen LogP contribution in [0.3, 0.4) is 0 Å². The highest BCUT2D eigenvalue weighted by Crippen LogP contribution is 2.21. The second kappa shape index (κ2) is 4.43. The molecule has 0 amide bonds. The quantitative estimate of drug-likeness (QED) is 0.667. The average molecular weight is 184 g/mol. The highest BCUT2D eigenvalue weighted by molar-refractivity contribution is 4.85. The summed E-state index contributed by atoms with van der Waals surface area (Å²) in [6.45, 7) is 14.1. The van der Waals surface area contributed by atoms with E-state index in [2.05, 4.69) is 37.9 Å². The SMILES string of the molecule is CCN1CCCNC(C(C)(C)C)C1. The van der Waals surface area contributed by atoms with E-state index in [0.29, 0.717) is 11.5 Å². The van der Waals surface area contributed by atoms with Crippen molar-refractivity contribution in [2.45, 2.75) is 40.2 Å². The molecule has 1 rings (SSSR count). The number of likely N-dealkylation sites (N-methyl/N-ethyl adjacent to an activating group) is 1. The fraction of sp³-hybridized carbons (Fsp3) is 1.00. The van der Waals surface area contributed by atoms with E-state index in [1.807, 2.05) is 0 Å². The van der Waals surface area contributed by atoms with Crippen LogP contribution in [0.2, 0.25) is 0 Å². The molecule has 0 aromatic carbocycles. The van der Waals surface area contributed by atoms with Crippen molar-refractivity contribution in [3.8, 4) is 0 Å². The third-order valence-corrected chi connectivity index (χ3v) is 2.98. The summed E-state index contributed by atoms with van der Waals surface area (Å²) in [4.78, 5) is 2.55. The lowest BCUT2D eigenvalue weighted by Gasteiger charge is -2.33. The monoisotopic (exact) mass is 184 g/mol. The van der Waals surface area contributed by atoms with E-state index in [9.17, 15) is 0 Å². The molecular formula is C11H24N2. The van der Waals surface area contributed by atoms with Gasteiger partial charge in [-0.2, -0.15) is 0 Å². The highest BCUT2D eigenvalue weighted by Gasteiger charge is 2.27. The minimum atomic E-state index is 0.387. The molecule has 1 atom stereocenters. The summed E-state index contributed by atoms with van der Waals surface area (Å²) >= 11 is 0. The maximum absolute atomic E-state index is 3.64. The van der Waals surface area contributed by atoms with Gasteiger partial charge in [-0.15, -0.1) is 0 Å². The van der Waals surface area contributed by atoms with Gasteiger partial charge in [0.05, 0.1) is 0 Å². The second-order valence-electron chi connectivity index (χ2n) is 5.12. The van der Waals surface area contributed by atoms with Gasteiger partial charge in [-0.05, 0) is 31.5 Å². The topological polar surface area (TPSA) is 15.3 Å². The van der Waals surface area contributed by atoms with Crippen LogP contribution in [0.4, 0.5) is 0 Å². The number of nitrogens with one attached hydrogen (secondary N) is 1. The Labute approximate surface area is 82.7 Å². The van der Waals surface area contributed by atoms with Crippen molar-refractivity contribution in [1.29, 1.82) is 0 Å². The highest BCUT2D eigenvalue weighted by atomic mass is 15.2. The van der Waals surface area contributed by atoms with Gasteiger partial charge < -0.3 is 10.2 Å². The second-order valence-corrected chi connectivity index (χ2v) is 5.12. The number of rotatable bonds is 1. The lowest BCUT2D eigenvalue weighted by atomic mass is 9.86. The molecule has 13 heavy (non-hydrogen) atoms. The van der Waals surface area contributed by atoms with Crippen LogP contribution in [0.5, 0.6) is 0 Å². The van der Waals surface area contributed by atoms with Crippen LogP contribution >= 0.6 is 0 Å². The maximum Gasteiger partial charge on any atom is 0.0243 e. The van der Waals surface area contributed by atoms with Gasteiger partial charge in [0, 0.05) is 12.6 Å². The molecule has 1 saturated heterocycles. The maximum atomic E-state index is 3.64. The number of nitrogens with zero attached hydrogens (tertiary/aromatic N) is 1. The fourth-order valence-electron chi connectivity index (χ4n) is 1.86. The summed E-state index contributed by atoms with van der Waals surface area (Å²) < 4.78 is 0. The zero-order chi connectivity index (χ0) is 9.90. The molecule has 1 heterocycles. The molecule has 78 valence electrons. The van der Waals surface area contributed by atoms with Gasteiger partial charge in [-0.3, -0.25) is 0 Å². The minimum Gasteiger partial charge on any atom is -0.312 e. The summed E-state index contributed by atoms with van der Waals surface area (Å²) in [6, 6.07) is 0.648. The van der Waals surface area contributed by atoms with Gasteiger partial charge in [0.2, 0.25) is 0 Å². The standard InChI is InChI=1S/C11H24N2/c1-5-13-8-6-7-12-10(9-13)11(2,3)4/h10,12H,5-9H2,1-4H3. The molecule has 1 aliphatic rings. The Kier molecular flexibility index (Phi) is 3.74. The molecule has 2 heteroatoms. The Morgan fingerprint density at radius 1 is 1.38 bits per heavy atom. The first kappa shape index (κ1) is 11.0. The molecule has 0 aliphatic carbocycles. The third-order valence-electron chi connectivity index (χ3n) is 2.98. The van der Waals surface area contributed by atoms with E-state index in [0.717, 1.165) is 0 Å². The Bertz CT molecular complexity index is 149. The lowest BCUT2D eigenvalue weighted by Crippen LogP contribution is -2.46. The van der Waals surface area contributed by atoms with Crippen molar-refractivity contribution >= 4 is 0 Å². The molecule has 0 bridgehead atoms. The van der Waals surface area contributed by atoms with Crippen molar-refractivity contribution in [2.75, 3.05) is 26.2 Å². The summed E-state index contributed by atoms with van der Waals surface area (Å²) in [7, 11) is 0. The van der Waals surface area contributed by atoms with Gasteiger partial charge in [0.15, 0.2) is 0 Å². The zero-order valence-electron chi connectivity index (χ0n) is 9.56. The van der Waals surface area contributed by atoms with Crippen LogP contribution in [0.15, 0.2) is 0 Å². The first-order valence-corrected chi connectivity index (χ1v) is 5.49. The fourth-order valence-corrected chi connectivity index (χ4v) is 1.86. The van der Waals surface area contributed by atoms with Crippen LogP contribution in [0.25, 0.3) is 0 Å². The van der Waals surface area contributed by atoms with E-state index in [1.165, 1.54) is 32.6 Å². The summed E-state index contributed by atoms with van der Waals surface area (Å²) in [5, 5.41) is 3.64. The van der Waals surface area contributed by atoms with Gasteiger partial charge >= 0.3 is 0 Å². The number of hydrogen-bond donors (Lipinski definition) is 1. The third kappa shape index (κ3) is 3.28. The van der Waals surface area contributed by atoms with Crippen molar-refractivity contribution in [3.63, 3.8) is 0 Å². The van der Waals surface area contributed by atoms with Crippen LogP contribution in [-0.2, 0) is 0 Å². The molecule has 2 nitrogen and oxygen atoms in total. The molecule has 0 saturated carbocycles. The predicted octanol–water partition coefficient (Wildman–Crippen LogP) is 1.72. The molecule has 0 spiro atoms. The van der Waals surface area contributed by atoms with E-state index in [1.54, 1.807) is 0 Å². The van der Waals surface area contributed by atoms with Crippen LogP contribution in [0.1, 0.15) is 34.1 Å². The van der Waals surface area contributed by atoms with Gasteiger partial charge in [0.25, 0.3) is 0 Å². The van der Waals surface area contributed by atoms with E-state index < -0.39 is 0 Å². The largest absolute Gasteiger partial charge is 0.312 e. The normalized spacial score (nSPS) is 27.2. The summed E-state index contributed by atoms with van der Waals surface area (Å²) in [5.74, 6) is 0. The van der Waals surface area contributed by atoms with E-state index in [-0.39, 0.29) is 0 Å². The Balaban J connectivity index is 2.54. The van der Waals surface area contributed by atoms with Crippen LogP contribution in [-0.4, -0.2) is 37.1 Å². The zero-order valence-corrected chi connectivity index (χ0v) is 9.56. The van der Waals surface area contributed by atoms with Gasteiger partial charge in [-0.1, -0.05) is 27.7 Å². The van der Waals surface area contributed by atoms with Crippen molar-refractivity contribution < 1.29 is 0 Å². The Morgan fingerprint density at radius 2 is 2.08 bits per heavy atom. The van der Waals surface area contributed by atoms with Crippen molar-refractivity contribution in [1.82, 2.24) is 10.2 Å². The van der Waals surface area contributed by atoms with Crippen molar-refractivity contribution in [3.05, 3.63) is 0 Å². The molecule has 0 radical (unpaired) electrons. The van der Waals surface area contributed by atoms with Crippen molar-refractivity contribution in [2.24, 2.45) is 5.41 Å². The number of hydrogen-bond acceptors (Lipinski definition) is 2. The van der Waals surface area contributed by atoms with Gasteiger partial charge in [0.1, 0.15) is 0 Å². The summed E-state index contributed by atoms with van der Waals surface area (Å²) in [5.41, 5.74) is 0.387. The molecule has 1 N–H and O–H groups in total. The molecule has 0 aromatic heterocycles. The molecule has 1 aliphatic heterocycles. The first-order chi connectivity index (χ1) is 6.04. The van der Waals surface area contributed by atoms with Crippen LogP contribution in [0, 0.1) is 5.41 Å². The Morgan fingerprint density at radius 3 is 2.62 bits per heavy atom. The predicted molar refractivity (Wildman–Crippen MR) is 58.0 cm³/mol. The molecule has 0 aromatic rings. The minimum absolute atomic E-state index is 0.387. The van der Waals surface area contributed by atoms with E-state index >= 15 is 0 Å².